The molecule has 0 spiro atoms. The van der Waals surface area contributed by atoms with Crippen molar-refractivity contribution in [3.05, 3.63) is 97.3 Å². The van der Waals surface area contributed by atoms with Gasteiger partial charge in [0.25, 0.3) is 11.1 Å². The van der Waals surface area contributed by atoms with Crippen molar-refractivity contribution in [3.63, 3.8) is 0 Å². The van der Waals surface area contributed by atoms with Gasteiger partial charge in [0.15, 0.2) is 11.5 Å². The van der Waals surface area contributed by atoms with Crippen molar-refractivity contribution in [2.75, 3.05) is 7.11 Å². The monoisotopic (exact) mass is 571 g/mol. The Labute approximate surface area is 220 Å². The van der Waals surface area contributed by atoms with Crippen LogP contribution in [0.5, 0.6) is 11.5 Å². The minimum absolute atomic E-state index is 0.192. The predicted octanol–water partition coefficient (Wildman–Crippen LogP) is 6.88. The zero-order valence-electron chi connectivity index (χ0n) is 18.7. The maximum atomic E-state index is 12.9. The van der Waals surface area contributed by atoms with E-state index >= 15 is 0 Å². The number of amides is 2. The van der Waals surface area contributed by atoms with Crippen molar-refractivity contribution in [1.82, 2.24) is 4.90 Å². The average molecular weight is 573 g/mol. The van der Waals surface area contributed by atoms with Gasteiger partial charge < -0.3 is 9.47 Å². The molecular formula is C26H19BrClNO5S. The van der Waals surface area contributed by atoms with E-state index in [-0.39, 0.29) is 29.2 Å². The third kappa shape index (κ3) is 5.78. The number of carbonyl (C=O) groups excluding carboxylic acids is 3. The number of rotatable bonds is 6. The van der Waals surface area contributed by atoms with Gasteiger partial charge in [0.2, 0.25) is 0 Å². The highest BCUT2D eigenvalue weighted by atomic mass is 79.9. The molecule has 0 aromatic heterocycles. The Morgan fingerprint density at radius 2 is 1.86 bits per heavy atom. The number of hydrogen-bond donors (Lipinski definition) is 0. The molecule has 0 radical (unpaired) electrons. The highest BCUT2D eigenvalue weighted by Gasteiger charge is 2.35. The largest absolute Gasteiger partial charge is 0.493 e. The highest BCUT2D eigenvalue weighted by molar-refractivity contribution is 9.10. The van der Waals surface area contributed by atoms with Gasteiger partial charge in [0.1, 0.15) is 0 Å². The molecule has 0 unspecified atom stereocenters. The minimum Gasteiger partial charge on any atom is -0.493 e. The van der Waals surface area contributed by atoms with Crippen molar-refractivity contribution < 1.29 is 23.9 Å². The summed E-state index contributed by atoms with van der Waals surface area (Å²) in [6.07, 6.45) is 1.61. The number of nitrogens with zero attached hydrogens (tertiary/aromatic N) is 1. The Balaban J connectivity index is 1.56. The molecule has 0 bridgehead atoms. The summed E-state index contributed by atoms with van der Waals surface area (Å²) in [5, 5.41) is 0.176. The van der Waals surface area contributed by atoms with Crippen molar-refractivity contribution in [2.24, 2.45) is 0 Å². The maximum Gasteiger partial charge on any atom is 0.343 e. The molecule has 4 rings (SSSR count). The Hall–Kier alpha value is -3.07. The first-order valence-electron chi connectivity index (χ1n) is 10.4. The van der Waals surface area contributed by atoms with Crippen LogP contribution >= 0.6 is 39.3 Å². The second-order valence-corrected chi connectivity index (χ2v) is 9.97. The number of ether oxygens (including phenoxy) is 2. The van der Waals surface area contributed by atoms with E-state index in [1.54, 1.807) is 42.5 Å². The molecule has 1 aliphatic heterocycles. The number of esters is 1. The van der Waals surface area contributed by atoms with Crippen LogP contribution in [0.2, 0.25) is 5.02 Å². The quantitative estimate of drug-likeness (QED) is 0.182. The molecule has 0 saturated carbocycles. The minimum atomic E-state index is -0.578. The van der Waals surface area contributed by atoms with Gasteiger partial charge in [-0.15, -0.1) is 0 Å². The molecule has 178 valence electrons. The lowest BCUT2D eigenvalue weighted by atomic mass is 10.1. The van der Waals surface area contributed by atoms with Crippen LogP contribution in [0.4, 0.5) is 4.79 Å². The van der Waals surface area contributed by atoms with Crippen LogP contribution in [-0.2, 0) is 11.3 Å². The summed E-state index contributed by atoms with van der Waals surface area (Å²) in [6, 6.07) is 17.3. The van der Waals surface area contributed by atoms with Crippen molar-refractivity contribution in [1.29, 1.82) is 0 Å². The first kappa shape index (κ1) is 25.0. The Bertz CT molecular complexity index is 1360. The number of hydrogen-bond acceptors (Lipinski definition) is 6. The predicted molar refractivity (Wildman–Crippen MR) is 140 cm³/mol. The molecule has 2 amide bonds. The van der Waals surface area contributed by atoms with Gasteiger partial charge in [0.05, 0.1) is 28.6 Å². The summed E-state index contributed by atoms with van der Waals surface area (Å²) in [4.78, 5) is 39.5. The lowest BCUT2D eigenvalue weighted by Crippen LogP contribution is -2.27. The van der Waals surface area contributed by atoms with Gasteiger partial charge in [-0.1, -0.05) is 41.4 Å². The number of methoxy groups -OCH3 is 1. The molecule has 6 nitrogen and oxygen atoms in total. The van der Waals surface area contributed by atoms with Crippen LogP contribution in [0.3, 0.4) is 0 Å². The Kier molecular flexibility index (Phi) is 7.64. The molecule has 1 aliphatic rings. The van der Waals surface area contributed by atoms with Crippen LogP contribution in [0.15, 0.2) is 70.0 Å². The summed E-state index contributed by atoms with van der Waals surface area (Å²) in [6.45, 7) is 2.16. The summed E-state index contributed by atoms with van der Waals surface area (Å²) >= 11 is 10.2. The number of carbonyl (C=O) groups is 3. The fraction of sp³-hybridized carbons (Fsp3) is 0.115. The van der Waals surface area contributed by atoms with Gasteiger partial charge in [-0.2, -0.15) is 0 Å². The highest BCUT2D eigenvalue weighted by Crippen LogP contribution is 2.39. The van der Waals surface area contributed by atoms with E-state index in [9.17, 15) is 14.4 Å². The molecule has 3 aromatic rings. The fourth-order valence-electron chi connectivity index (χ4n) is 3.44. The van der Waals surface area contributed by atoms with Crippen molar-refractivity contribution >= 4 is 62.5 Å². The summed E-state index contributed by atoms with van der Waals surface area (Å²) in [5.41, 5.74) is 2.86. The number of thioether (sulfide) groups is 1. The molecule has 0 aliphatic carbocycles. The molecule has 3 aromatic carbocycles. The summed E-state index contributed by atoms with van der Waals surface area (Å²) in [5.74, 6) is -0.468. The van der Waals surface area contributed by atoms with Crippen LogP contribution in [0.25, 0.3) is 6.08 Å². The van der Waals surface area contributed by atoms with E-state index in [1.165, 1.54) is 12.0 Å². The second-order valence-electron chi connectivity index (χ2n) is 7.69. The van der Waals surface area contributed by atoms with Gasteiger partial charge in [-0.05, 0) is 88.2 Å². The third-order valence-corrected chi connectivity index (χ3v) is 6.87. The molecule has 1 heterocycles. The smallest absolute Gasteiger partial charge is 0.343 e. The standard InChI is InChI=1S/C26H19BrClNO5S/c1-15-4-3-5-16(10-15)14-29-24(30)22(35-26(29)32)13-17-11-20(27)23(21(12-17)33-2)34-25(31)18-6-8-19(28)9-7-18/h3-13H,14H2,1-2H3/b22-13-. The first-order valence-corrected chi connectivity index (χ1v) is 12.4. The first-order chi connectivity index (χ1) is 16.7. The van der Waals surface area contributed by atoms with E-state index in [4.69, 9.17) is 21.1 Å². The maximum absolute atomic E-state index is 12.9. The molecule has 9 heteroatoms. The molecule has 35 heavy (non-hydrogen) atoms. The normalized spacial score (nSPS) is 14.5. The van der Waals surface area contributed by atoms with Crippen LogP contribution in [-0.4, -0.2) is 29.1 Å². The zero-order valence-corrected chi connectivity index (χ0v) is 21.9. The molecule has 0 N–H and O–H groups in total. The van der Waals surface area contributed by atoms with Crippen LogP contribution in [0.1, 0.15) is 27.0 Å². The van der Waals surface area contributed by atoms with E-state index in [0.29, 0.717) is 25.5 Å². The SMILES string of the molecule is COc1cc(/C=C2\SC(=O)N(Cc3cccc(C)c3)C2=O)cc(Br)c1OC(=O)c1ccc(Cl)cc1. The third-order valence-electron chi connectivity index (χ3n) is 5.12. The zero-order chi connectivity index (χ0) is 25.1. The van der Waals surface area contributed by atoms with E-state index in [1.807, 2.05) is 31.2 Å². The van der Waals surface area contributed by atoms with Gasteiger partial charge in [0, 0.05) is 5.02 Å². The molecule has 0 atom stereocenters. The fourth-order valence-corrected chi connectivity index (χ4v) is 4.95. The Morgan fingerprint density at radius 1 is 1.11 bits per heavy atom. The number of imide groups is 1. The summed E-state index contributed by atoms with van der Waals surface area (Å²) < 4.78 is 11.4. The van der Waals surface area contributed by atoms with Gasteiger partial charge >= 0.3 is 5.97 Å². The van der Waals surface area contributed by atoms with Gasteiger partial charge in [-0.3, -0.25) is 14.5 Å². The van der Waals surface area contributed by atoms with E-state index in [0.717, 1.165) is 22.9 Å². The summed E-state index contributed by atoms with van der Waals surface area (Å²) in [7, 11) is 1.45. The van der Waals surface area contributed by atoms with Crippen LogP contribution in [0, 0.1) is 6.92 Å². The Morgan fingerprint density at radius 3 is 2.54 bits per heavy atom. The number of halogens is 2. The van der Waals surface area contributed by atoms with Gasteiger partial charge in [-0.25, -0.2) is 4.79 Å². The molecule has 1 saturated heterocycles. The second kappa shape index (κ2) is 10.7. The lowest BCUT2D eigenvalue weighted by molar-refractivity contribution is -0.123. The average Bonchev–Trinajstić information content (AvgIpc) is 3.08. The van der Waals surface area contributed by atoms with E-state index in [2.05, 4.69) is 15.9 Å². The van der Waals surface area contributed by atoms with E-state index < -0.39 is 5.97 Å². The molecule has 1 fully saturated rings. The number of aryl methyl sites for hydroxylation is 1. The van der Waals surface area contributed by atoms with Crippen molar-refractivity contribution in [2.45, 2.75) is 13.5 Å². The number of benzene rings is 3. The lowest BCUT2D eigenvalue weighted by Gasteiger charge is -2.13. The topological polar surface area (TPSA) is 72.9 Å². The molecular weight excluding hydrogens is 554 g/mol. The van der Waals surface area contributed by atoms with Crippen LogP contribution < -0.4 is 9.47 Å². The van der Waals surface area contributed by atoms with Crippen molar-refractivity contribution in [3.8, 4) is 11.5 Å².